The summed E-state index contributed by atoms with van der Waals surface area (Å²) >= 11 is 0. The molecule has 1 aromatic rings. The number of carbonyl (C=O) groups is 1. The Morgan fingerprint density at radius 2 is 2.20 bits per heavy atom. The summed E-state index contributed by atoms with van der Waals surface area (Å²) in [5, 5.41) is 14.1. The average molecular weight is 279 g/mol. The molecule has 1 amide bonds. The number of aromatic nitrogens is 3. The highest BCUT2D eigenvalue weighted by Gasteiger charge is 2.18. The van der Waals surface area contributed by atoms with Crippen LogP contribution in [0.3, 0.4) is 0 Å². The van der Waals surface area contributed by atoms with Crippen molar-refractivity contribution in [3.8, 4) is 0 Å². The first kappa shape index (κ1) is 15.0. The minimum absolute atomic E-state index is 0.123. The molecule has 2 N–H and O–H groups in total. The fourth-order valence-electron chi connectivity index (χ4n) is 2.58. The lowest BCUT2D eigenvalue weighted by atomic mass is 9.95. The van der Waals surface area contributed by atoms with Gasteiger partial charge in [0.05, 0.1) is 12.2 Å². The van der Waals surface area contributed by atoms with Gasteiger partial charge in [0.1, 0.15) is 0 Å². The van der Waals surface area contributed by atoms with E-state index < -0.39 is 0 Å². The molecule has 1 atom stereocenters. The monoisotopic (exact) mass is 279 g/mol. The van der Waals surface area contributed by atoms with Gasteiger partial charge < -0.3 is 10.6 Å². The molecule has 1 saturated carbocycles. The highest BCUT2D eigenvalue weighted by Crippen LogP contribution is 2.17. The van der Waals surface area contributed by atoms with Crippen molar-refractivity contribution in [3.63, 3.8) is 0 Å². The molecule has 0 aliphatic heterocycles. The summed E-state index contributed by atoms with van der Waals surface area (Å²) in [6, 6.07) is 0.253. The van der Waals surface area contributed by atoms with Gasteiger partial charge in [-0.05, 0) is 32.7 Å². The zero-order valence-corrected chi connectivity index (χ0v) is 12.2. The third kappa shape index (κ3) is 4.92. The molecule has 20 heavy (non-hydrogen) atoms. The summed E-state index contributed by atoms with van der Waals surface area (Å²) in [7, 11) is 0. The number of hydrogen-bond acceptors (Lipinski definition) is 4. The highest BCUT2D eigenvalue weighted by molar-refractivity contribution is 5.81. The van der Waals surface area contributed by atoms with Crippen molar-refractivity contribution in [3.05, 3.63) is 12.4 Å². The van der Waals surface area contributed by atoms with Crippen molar-refractivity contribution in [1.82, 2.24) is 25.6 Å². The van der Waals surface area contributed by atoms with E-state index in [0.29, 0.717) is 6.04 Å². The molecule has 0 radical (unpaired) electrons. The van der Waals surface area contributed by atoms with Gasteiger partial charge in [0.2, 0.25) is 5.91 Å². The highest BCUT2D eigenvalue weighted by atomic mass is 16.2. The molecule has 1 aliphatic rings. The first-order valence-corrected chi connectivity index (χ1v) is 7.63. The summed E-state index contributed by atoms with van der Waals surface area (Å²) in [6.45, 7) is 3.55. The molecular formula is C14H25N5O. The van der Waals surface area contributed by atoms with Crippen molar-refractivity contribution in [1.29, 1.82) is 0 Å². The van der Waals surface area contributed by atoms with Crippen LogP contribution in [0.4, 0.5) is 0 Å². The van der Waals surface area contributed by atoms with Crippen molar-refractivity contribution < 1.29 is 4.79 Å². The van der Waals surface area contributed by atoms with Crippen LogP contribution in [0.5, 0.6) is 0 Å². The van der Waals surface area contributed by atoms with Gasteiger partial charge in [0.25, 0.3) is 0 Å². The Morgan fingerprint density at radius 1 is 1.40 bits per heavy atom. The Labute approximate surface area is 120 Å². The van der Waals surface area contributed by atoms with E-state index >= 15 is 0 Å². The van der Waals surface area contributed by atoms with E-state index in [1.54, 1.807) is 10.9 Å². The van der Waals surface area contributed by atoms with Crippen LogP contribution in [0.1, 0.15) is 45.4 Å². The minimum atomic E-state index is -0.132. The predicted octanol–water partition coefficient (Wildman–Crippen LogP) is 1.10. The van der Waals surface area contributed by atoms with Crippen LogP contribution >= 0.6 is 0 Å². The topological polar surface area (TPSA) is 71.8 Å². The smallest absolute Gasteiger partial charge is 0.237 e. The van der Waals surface area contributed by atoms with Gasteiger partial charge in [-0.15, -0.1) is 5.10 Å². The van der Waals surface area contributed by atoms with Crippen LogP contribution in [-0.4, -0.2) is 39.5 Å². The minimum Gasteiger partial charge on any atom is -0.352 e. The number of aryl methyl sites for hydroxylation is 1. The molecular weight excluding hydrogens is 254 g/mol. The molecule has 0 aromatic carbocycles. The first-order chi connectivity index (χ1) is 9.75. The van der Waals surface area contributed by atoms with E-state index in [-0.39, 0.29) is 11.9 Å². The summed E-state index contributed by atoms with van der Waals surface area (Å²) in [5.41, 5.74) is 0. The van der Waals surface area contributed by atoms with Crippen LogP contribution in [0.2, 0.25) is 0 Å². The molecule has 0 saturated heterocycles. The molecule has 1 heterocycles. The lowest BCUT2D eigenvalue weighted by Gasteiger charge is -2.24. The molecule has 6 heteroatoms. The first-order valence-electron chi connectivity index (χ1n) is 7.63. The van der Waals surface area contributed by atoms with E-state index in [4.69, 9.17) is 0 Å². The maximum atomic E-state index is 12.0. The van der Waals surface area contributed by atoms with Gasteiger partial charge >= 0.3 is 0 Å². The second-order valence-electron chi connectivity index (χ2n) is 5.54. The van der Waals surface area contributed by atoms with Gasteiger partial charge in [-0.2, -0.15) is 0 Å². The van der Waals surface area contributed by atoms with Crippen molar-refractivity contribution in [2.45, 2.75) is 64.1 Å². The lowest BCUT2D eigenvalue weighted by molar-refractivity contribution is -0.123. The maximum Gasteiger partial charge on any atom is 0.237 e. The second kappa shape index (κ2) is 7.99. The Bertz CT molecular complexity index is 386. The number of nitrogens with one attached hydrogen (secondary N) is 2. The maximum absolute atomic E-state index is 12.0. The summed E-state index contributed by atoms with van der Waals surface area (Å²) in [6.07, 6.45) is 10.5. The SMILES string of the molecule is CC(NCCCn1ccnn1)C(=O)NC1CCCCC1. The summed E-state index contributed by atoms with van der Waals surface area (Å²) in [4.78, 5) is 12.0. The third-order valence-electron chi connectivity index (χ3n) is 3.83. The zero-order valence-electron chi connectivity index (χ0n) is 12.2. The van der Waals surface area contributed by atoms with E-state index in [2.05, 4.69) is 20.9 Å². The molecule has 1 aliphatic carbocycles. The Morgan fingerprint density at radius 3 is 2.90 bits per heavy atom. The quantitative estimate of drug-likeness (QED) is 0.733. The standard InChI is InChI=1S/C14H25N5O/c1-12(14(20)17-13-6-3-2-4-7-13)15-8-5-10-19-11-9-16-18-19/h9,11-13,15H,2-8,10H2,1H3,(H,17,20). The van der Waals surface area contributed by atoms with Crippen LogP contribution in [-0.2, 0) is 11.3 Å². The molecule has 0 bridgehead atoms. The fraction of sp³-hybridized carbons (Fsp3) is 0.786. The molecule has 1 aromatic heterocycles. The third-order valence-corrected chi connectivity index (χ3v) is 3.83. The Kier molecular flexibility index (Phi) is 5.98. The Hall–Kier alpha value is -1.43. The van der Waals surface area contributed by atoms with Gasteiger partial charge in [0, 0.05) is 18.8 Å². The number of nitrogens with zero attached hydrogens (tertiary/aromatic N) is 3. The second-order valence-corrected chi connectivity index (χ2v) is 5.54. The number of carbonyl (C=O) groups excluding carboxylic acids is 1. The van der Waals surface area contributed by atoms with Crippen molar-refractivity contribution >= 4 is 5.91 Å². The average Bonchev–Trinajstić information content (AvgIpc) is 2.97. The number of hydrogen-bond donors (Lipinski definition) is 2. The van der Waals surface area contributed by atoms with Crippen LogP contribution in [0, 0.1) is 0 Å². The van der Waals surface area contributed by atoms with Gasteiger partial charge in [-0.3, -0.25) is 9.48 Å². The van der Waals surface area contributed by atoms with E-state index in [1.807, 2.05) is 13.1 Å². The van der Waals surface area contributed by atoms with E-state index in [0.717, 1.165) is 32.4 Å². The van der Waals surface area contributed by atoms with Crippen LogP contribution < -0.4 is 10.6 Å². The van der Waals surface area contributed by atoms with Crippen LogP contribution in [0.15, 0.2) is 12.4 Å². The van der Waals surface area contributed by atoms with Crippen molar-refractivity contribution in [2.24, 2.45) is 0 Å². The fourth-order valence-corrected chi connectivity index (χ4v) is 2.58. The largest absolute Gasteiger partial charge is 0.352 e. The Balaban J connectivity index is 1.58. The van der Waals surface area contributed by atoms with E-state index in [9.17, 15) is 4.79 Å². The molecule has 2 rings (SSSR count). The molecule has 1 unspecified atom stereocenters. The van der Waals surface area contributed by atoms with Gasteiger partial charge in [-0.1, -0.05) is 24.5 Å². The van der Waals surface area contributed by atoms with Gasteiger partial charge in [-0.25, -0.2) is 0 Å². The molecule has 6 nitrogen and oxygen atoms in total. The van der Waals surface area contributed by atoms with Crippen LogP contribution in [0.25, 0.3) is 0 Å². The normalized spacial score (nSPS) is 17.9. The van der Waals surface area contributed by atoms with E-state index in [1.165, 1.54) is 19.3 Å². The summed E-state index contributed by atoms with van der Waals surface area (Å²) < 4.78 is 1.80. The summed E-state index contributed by atoms with van der Waals surface area (Å²) in [5.74, 6) is 0.123. The zero-order chi connectivity index (χ0) is 14.2. The molecule has 0 spiro atoms. The number of rotatable bonds is 7. The van der Waals surface area contributed by atoms with Crippen molar-refractivity contribution in [2.75, 3.05) is 6.54 Å². The molecule has 1 fully saturated rings. The molecule has 112 valence electrons. The van der Waals surface area contributed by atoms with Gasteiger partial charge in [0.15, 0.2) is 0 Å². The predicted molar refractivity (Wildman–Crippen MR) is 77.1 cm³/mol. The number of amides is 1. The lowest BCUT2D eigenvalue weighted by Crippen LogP contribution is -2.47.